The third-order valence-corrected chi connectivity index (χ3v) is 3.21. The van der Waals surface area contributed by atoms with Crippen LogP contribution in [0.25, 0.3) is 0 Å². The van der Waals surface area contributed by atoms with Gasteiger partial charge in [0.1, 0.15) is 5.69 Å². The SMILES string of the molecule is CCCCNc1nc(C)cc(C(=O)Nc2ccc(C)cc2)n1. The molecule has 22 heavy (non-hydrogen) atoms. The molecule has 1 amide bonds. The largest absolute Gasteiger partial charge is 0.354 e. The Bertz CT molecular complexity index is 638. The van der Waals surface area contributed by atoms with Gasteiger partial charge < -0.3 is 10.6 Å². The quantitative estimate of drug-likeness (QED) is 0.800. The van der Waals surface area contributed by atoms with E-state index in [9.17, 15) is 4.79 Å². The minimum atomic E-state index is -0.229. The lowest BCUT2D eigenvalue weighted by atomic mass is 10.2. The molecule has 0 unspecified atom stereocenters. The van der Waals surface area contributed by atoms with Crippen molar-refractivity contribution in [2.75, 3.05) is 17.2 Å². The predicted octanol–water partition coefficient (Wildman–Crippen LogP) is 3.56. The van der Waals surface area contributed by atoms with Gasteiger partial charge in [-0.05, 0) is 38.5 Å². The van der Waals surface area contributed by atoms with E-state index in [4.69, 9.17) is 0 Å². The van der Waals surface area contributed by atoms with Crippen LogP contribution in [0.3, 0.4) is 0 Å². The maximum Gasteiger partial charge on any atom is 0.274 e. The van der Waals surface area contributed by atoms with E-state index in [-0.39, 0.29) is 5.91 Å². The average molecular weight is 298 g/mol. The number of hydrogen-bond acceptors (Lipinski definition) is 4. The number of rotatable bonds is 6. The summed E-state index contributed by atoms with van der Waals surface area (Å²) in [5, 5.41) is 6.00. The second-order valence-electron chi connectivity index (χ2n) is 5.32. The summed E-state index contributed by atoms with van der Waals surface area (Å²) in [6.07, 6.45) is 2.14. The van der Waals surface area contributed by atoms with Gasteiger partial charge in [-0.1, -0.05) is 31.0 Å². The first-order chi connectivity index (χ1) is 10.6. The summed E-state index contributed by atoms with van der Waals surface area (Å²) in [5.74, 6) is 0.274. The van der Waals surface area contributed by atoms with Gasteiger partial charge in [-0.25, -0.2) is 9.97 Å². The zero-order chi connectivity index (χ0) is 15.9. The number of nitrogens with zero attached hydrogens (tertiary/aromatic N) is 2. The van der Waals surface area contributed by atoms with E-state index in [1.54, 1.807) is 6.07 Å². The molecule has 2 N–H and O–H groups in total. The highest BCUT2D eigenvalue weighted by Gasteiger charge is 2.10. The van der Waals surface area contributed by atoms with Crippen LogP contribution in [0.1, 0.15) is 41.5 Å². The monoisotopic (exact) mass is 298 g/mol. The van der Waals surface area contributed by atoms with Gasteiger partial charge in [0.25, 0.3) is 5.91 Å². The molecule has 0 aliphatic heterocycles. The summed E-state index contributed by atoms with van der Waals surface area (Å²) < 4.78 is 0. The zero-order valence-electron chi connectivity index (χ0n) is 13.3. The van der Waals surface area contributed by atoms with E-state index in [0.29, 0.717) is 11.6 Å². The number of carbonyl (C=O) groups is 1. The van der Waals surface area contributed by atoms with Gasteiger partial charge in [0.15, 0.2) is 0 Å². The third-order valence-electron chi connectivity index (χ3n) is 3.21. The van der Waals surface area contributed by atoms with Crippen molar-refractivity contribution in [2.45, 2.75) is 33.6 Å². The second-order valence-corrected chi connectivity index (χ2v) is 5.32. The van der Waals surface area contributed by atoms with Gasteiger partial charge in [0.05, 0.1) is 0 Å². The van der Waals surface area contributed by atoms with E-state index in [2.05, 4.69) is 27.5 Å². The molecule has 0 spiro atoms. The lowest BCUT2D eigenvalue weighted by molar-refractivity contribution is 0.102. The molecular formula is C17H22N4O. The summed E-state index contributed by atoms with van der Waals surface area (Å²) >= 11 is 0. The minimum absolute atomic E-state index is 0.229. The van der Waals surface area contributed by atoms with Gasteiger partial charge in [-0.2, -0.15) is 0 Å². The Morgan fingerprint density at radius 3 is 2.55 bits per heavy atom. The molecule has 1 heterocycles. The topological polar surface area (TPSA) is 66.9 Å². The molecular weight excluding hydrogens is 276 g/mol. The molecule has 0 radical (unpaired) electrons. The van der Waals surface area contributed by atoms with E-state index >= 15 is 0 Å². The molecule has 0 aliphatic carbocycles. The summed E-state index contributed by atoms with van der Waals surface area (Å²) in [4.78, 5) is 20.9. The van der Waals surface area contributed by atoms with Crippen LogP contribution in [0.2, 0.25) is 0 Å². The van der Waals surface area contributed by atoms with Crippen LogP contribution in [0.5, 0.6) is 0 Å². The second kappa shape index (κ2) is 7.54. The predicted molar refractivity (Wildman–Crippen MR) is 89.3 cm³/mol. The Labute approximate surface area is 131 Å². The van der Waals surface area contributed by atoms with E-state index < -0.39 is 0 Å². The summed E-state index contributed by atoms with van der Waals surface area (Å²) in [7, 11) is 0. The van der Waals surface area contributed by atoms with Crippen LogP contribution in [0.15, 0.2) is 30.3 Å². The Balaban J connectivity index is 2.09. The fourth-order valence-electron chi connectivity index (χ4n) is 1.97. The van der Waals surface area contributed by atoms with Crippen molar-refractivity contribution >= 4 is 17.5 Å². The summed E-state index contributed by atoms with van der Waals surface area (Å²) in [6, 6.07) is 9.36. The van der Waals surface area contributed by atoms with Crippen LogP contribution in [0.4, 0.5) is 11.6 Å². The molecule has 2 aromatic rings. The number of nitrogens with one attached hydrogen (secondary N) is 2. The Morgan fingerprint density at radius 1 is 1.14 bits per heavy atom. The maximum atomic E-state index is 12.3. The number of aromatic nitrogens is 2. The Morgan fingerprint density at radius 2 is 1.86 bits per heavy atom. The standard InChI is InChI=1S/C17H22N4O/c1-4-5-10-18-17-19-13(3)11-15(21-17)16(22)20-14-8-6-12(2)7-9-14/h6-9,11H,4-5,10H2,1-3H3,(H,20,22)(H,18,19,21). The number of carbonyl (C=O) groups excluding carboxylic acids is 1. The van der Waals surface area contributed by atoms with Crippen molar-refractivity contribution < 1.29 is 4.79 Å². The van der Waals surface area contributed by atoms with Gasteiger partial charge in [-0.15, -0.1) is 0 Å². The molecule has 0 atom stereocenters. The number of anilines is 2. The molecule has 0 aliphatic rings. The smallest absolute Gasteiger partial charge is 0.274 e. The fourth-order valence-corrected chi connectivity index (χ4v) is 1.97. The molecule has 116 valence electrons. The molecule has 5 heteroatoms. The first-order valence-electron chi connectivity index (χ1n) is 7.56. The Hall–Kier alpha value is -2.43. The van der Waals surface area contributed by atoms with Crippen molar-refractivity contribution in [2.24, 2.45) is 0 Å². The van der Waals surface area contributed by atoms with E-state index in [0.717, 1.165) is 36.3 Å². The molecule has 0 saturated heterocycles. The number of benzene rings is 1. The third kappa shape index (κ3) is 4.55. The zero-order valence-corrected chi connectivity index (χ0v) is 13.3. The maximum absolute atomic E-state index is 12.3. The van der Waals surface area contributed by atoms with Crippen molar-refractivity contribution in [3.05, 3.63) is 47.3 Å². The molecule has 0 saturated carbocycles. The molecule has 2 rings (SSSR count). The minimum Gasteiger partial charge on any atom is -0.354 e. The number of unbranched alkanes of at least 4 members (excludes halogenated alkanes) is 1. The molecule has 0 bridgehead atoms. The van der Waals surface area contributed by atoms with Crippen molar-refractivity contribution in [3.63, 3.8) is 0 Å². The van der Waals surface area contributed by atoms with Crippen molar-refractivity contribution in [3.8, 4) is 0 Å². The van der Waals surface area contributed by atoms with Crippen molar-refractivity contribution in [1.82, 2.24) is 9.97 Å². The van der Waals surface area contributed by atoms with Gasteiger partial charge in [-0.3, -0.25) is 4.79 Å². The van der Waals surface area contributed by atoms with Gasteiger partial charge >= 0.3 is 0 Å². The molecule has 0 fully saturated rings. The number of aryl methyl sites for hydroxylation is 2. The average Bonchev–Trinajstić information content (AvgIpc) is 2.49. The lowest BCUT2D eigenvalue weighted by Crippen LogP contribution is -2.16. The van der Waals surface area contributed by atoms with Gasteiger partial charge in [0, 0.05) is 17.9 Å². The highest BCUT2D eigenvalue weighted by atomic mass is 16.1. The van der Waals surface area contributed by atoms with Crippen LogP contribution in [0, 0.1) is 13.8 Å². The molecule has 5 nitrogen and oxygen atoms in total. The van der Waals surface area contributed by atoms with Crippen LogP contribution < -0.4 is 10.6 Å². The first-order valence-corrected chi connectivity index (χ1v) is 7.56. The highest BCUT2D eigenvalue weighted by Crippen LogP contribution is 2.11. The van der Waals surface area contributed by atoms with Crippen LogP contribution >= 0.6 is 0 Å². The summed E-state index contributed by atoms with van der Waals surface area (Å²) in [5.41, 5.74) is 3.04. The van der Waals surface area contributed by atoms with E-state index in [1.807, 2.05) is 38.1 Å². The van der Waals surface area contributed by atoms with Crippen molar-refractivity contribution in [1.29, 1.82) is 0 Å². The highest BCUT2D eigenvalue weighted by molar-refractivity contribution is 6.03. The lowest BCUT2D eigenvalue weighted by Gasteiger charge is -2.08. The van der Waals surface area contributed by atoms with Gasteiger partial charge in [0.2, 0.25) is 5.95 Å². The number of amides is 1. The number of hydrogen-bond donors (Lipinski definition) is 2. The van der Waals surface area contributed by atoms with Crippen LogP contribution in [-0.2, 0) is 0 Å². The molecule has 1 aromatic heterocycles. The first kappa shape index (κ1) is 15.9. The van der Waals surface area contributed by atoms with E-state index in [1.165, 1.54) is 0 Å². The Kier molecular flexibility index (Phi) is 5.47. The summed E-state index contributed by atoms with van der Waals surface area (Å²) in [6.45, 7) is 6.79. The van der Waals surface area contributed by atoms with Crippen LogP contribution in [-0.4, -0.2) is 22.4 Å². The normalized spacial score (nSPS) is 10.3. The molecule has 1 aromatic carbocycles. The fraction of sp³-hybridized carbons (Fsp3) is 0.353.